The summed E-state index contributed by atoms with van der Waals surface area (Å²) in [6, 6.07) is 7.06. The number of likely N-dealkylation sites (tertiary alicyclic amines) is 1. The molecule has 0 unspecified atom stereocenters. The fourth-order valence-corrected chi connectivity index (χ4v) is 4.87. The fraction of sp³-hybridized carbons (Fsp3) is 0.407. The maximum absolute atomic E-state index is 13.0. The van der Waals surface area contributed by atoms with Crippen molar-refractivity contribution >= 4 is 34.0 Å². The standard InChI is InChI=1S/C27H34N6O3S/c1-5-23(34)31-19-10-8-18(9-11-19)25(35)33-12-6-7-20(17-33)32-26-30-14-21(37-26)13-28-16-24-29-15-22(36-24)27(2,3)4/h5,8-11,14-15,20,28H,1,6-7,12-13,16-17H2,2-4H3,(H,30,32)(H,31,34)/t20-/m1/s1. The number of benzene rings is 1. The molecule has 3 aromatic rings. The molecule has 9 nitrogen and oxygen atoms in total. The molecule has 1 aliphatic rings. The van der Waals surface area contributed by atoms with Gasteiger partial charge in [-0.15, -0.1) is 11.3 Å². The van der Waals surface area contributed by atoms with Crippen molar-refractivity contribution in [2.24, 2.45) is 0 Å². The monoisotopic (exact) mass is 522 g/mol. The van der Waals surface area contributed by atoms with Crippen LogP contribution in [0.4, 0.5) is 10.8 Å². The Labute approximate surface area is 221 Å². The van der Waals surface area contributed by atoms with Crippen LogP contribution in [0.15, 0.2) is 53.7 Å². The lowest BCUT2D eigenvalue weighted by Crippen LogP contribution is -2.45. The molecule has 0 spiro atoms. The highest BCUT2D eigenvalue weighted by Crippen LogP contribution is 2.24. The van der Waals surface area contributed by atoms with Crippen LogP contribution in [0.1, 0.15) is 60.5 Å². The van der Waals surface area contributed by atoms with E-state index in [2.05, 4.69) is 53.3 Å². The van der Waals surface area contributed by atoms with E-state index in [1.54, 1.807) is 41.8 Å². The molecule has 1 saturated heterocycles. The van der Waals surface area contributed by atoms with E-state index in [4.69, 9.17) is 4.42 Å². The molecule has 4 rings (SSSR count). The van der Waals surface area contributed by atoms with Crippen molar-refractivity contribution in [1.29, 1.82) is 0 Å². The molecule has 1 aromatic carbocycles. The maximum atomic E-state index is 13.0. The van der Waals surface area contributed by atoms with Crippen LogP contribution >= 0.6 is 11.3 Å². The summed E-state index contributed by atoms with van der Waals surface area (Å²) in [7, 11) is 0. The second-order valence-corrected chi connectivity index (χ2v) is 11.2. The lowest BCUT2D eigenvalue weighted by molar-refractivity contribution is -0.111. The first-order valence-electron chi connectivity index (χ1n) is 12.4. The number of anilines is 2. The Bertz CT molecular complexity index is 1230. The van der Waals surface area contributed by atoms with Gasteiger partial charge in [-0.2, -0.15) is 0 Å². The minimum absolute atomic E-state index is 0.0155. The van der Waals surface area contributed by atoms with Crippen molar-refractivity contribution in [2.45, 2.75) is 58.2 Å². The minimum atomic E-state index is -0.283. The molecular formula is C27H34N6O3S. The number of carbonyl (C=O) groups excluding carboxylic acids is 2. The van der Waals surface area contributed by atoms with Crippen LogP contribution in [0.3, 0.4) is 0 Å². The smallest absolute Gasteiger partial charge is 0.253 e. The van der Waals surface area contributed by atoms with E-state index in [0.717, 1.165) is 35.2 Å². The van der Waals surface area contributed by atoms with E-state index in [0.29, 0.717) is 36.8 Å². The van der Waals surface area contributed by atoms with Gasteiger partial charge in [-0.05, 0) is 43.2 Å². The van der Waals surface area contributed by atoms with Crippen LogP contribution in [0.5, 0.6) is 0 Å². The zero-order chi connectivity index (χ0) is 26.4. The van der Waals surface area contributed by atoms with Gasteiger partial charge in [0.1, 0.15) is 5.76 Å². The highest BCUT2D eigenvalue weighted by atomic mass is 32.1. The predicted molar refractivity (Wildman–Crippen MR) is 146 cm³/mol. The van der Waals surface area contributed by atoms with Gasteiger partial charge in [0.25, 0.3) is 5.91 Å². The van der Waals surface area contributed by atoms with Crippen LogP contribution in [0.2, 0.25) is 0 Å². The number of hydrogen-bond donors (Lipinski definition) is 3. The molecule has 3 N–H and O–H groups in total. The van der Waals surface area contributed by atoms with Crippen molar-refractivity contribution in [3.63, 3.8) is 0 Å². The normalized spacial score (nSPS) is 15.9. The number of rotatable bonds is 9. The predicted octanol–water partition coefficient (Wildman–Crippen LogP) is 4.56. The summed E-state index contributed by atoms with van der Waals surface area (Å²) in [6.45, 7) is 12.3. The lowest BCUT2D eigenvalue weighted by Gasteiger charge is -2.33. The van der Waals surface area contributed by atoms with Gasteiger partial charge in [-0.1, -0.05) is 27.4 Å². The summed E-state index contributed by atoms with van der Waals surface area (Å²) in [4.78, 5) is 36.4. The fourth-order valence-electron chi connectivity index (χ4n) is 4.01. The molecule has 0 radical (unpaired) electrons. The van der Waals surface area contributed by atoms with Gasteiger partial charge in [0, 0.05) is 53.4 Å². The van der Waals surface area contributed by atoms with Gasteiger partial charge in [0.15, 0.2) is 5.13 Å². The van der Waals surface area contributed by atoms with E-state index in [-0.39, 0.29) is 23.3 Å². The second kappa shape index (κ2) is 11.7. The van der Waals surface area contributed by atoms with Gasteiger partial charge in [-0.3, -0.25) is 9.59 Å². The molecule has 0 aliphatic carbocycles. The van der Waals surface area contributed by atoms with E-state index < -0.39 is 0 Å². The van der Waals surface area contributed by atoms with E-state index in [1.165, 1.54) is 6.08 Å². The Morgan fingerprint density at radius 2 is 1.97 bits per heavy atom. The Morgan fingerprint density at radius 3 is 2.68 bits per heavy atom. The minimum Gasteiger partial charge on any atom is -0.444 e. The average Bonchev–Trinajstić information content (AvgIpc) is 3.54. The van der Waals surface area contributed by atoms with Crippen LogP contribution < -0.4 is 16.0 Å². The first-order valence-corrected chi connectivity index (χ1v) is 13.2. The van der Waals surface area contributed by atoms with Crippen molar-refractivity contribution in [3.05, 3.63) is 71.4 Å². The summed E-state index contributed by atoms with van der Waals surface area (Å²) in [5.74, 6) is 1.26. The number of oxazole rings is 1. The summed E-state index contributed by atoms with van der Waals surface area (Å²) in [5, 5.41) is 10.4. The van der Waals surface area contributed by atoms with Gasteiger partial charge < -0.3 is 25.3 Å². The molecule has 10 heteroatoms. The molecule has 0 saturated carbocycles. The topological polar surface area (TPSA) is 112 Å². The third-order valence-electron chi connectivity index (χ3n) is 6.04. The first-order chi connectivity index (χ1) is 17.7. The molecule has 3 heterocycles. The lowest BCUT2D eigenvalue weighted by atomic mass is 9.94. The number of hydrogen-bond acceptors (Lipinski definition) is 8. The van der Waals surface area contributed by atoms with Crippen LogP contribution in [0, 0.1) is 0 Å². The maximum Gasteiger partial charge on any atom is 0.253 e. The van der Waals surface area contributed by atoms with Crippen molar-refractivity contribution in [1.82, 2.24) is 20.2 Å². The number of piperidine rings is 1. The van der Waals surface area contributed by atoms with Gasteiger partial charge in [0.2, 0.25) is 11.8 Å². The zero-order valence-corrected chi connectivity index (χ0v) is 22.4. The average molecular weight is 523 g/mol. The zero-order valence-electron chi connectivity index (χ0n) is 21.5. The van der Waals surface area contributed by atoms with Crippen LogP contribution in [-0.2, 0) is 23.3 Å². The van der Waals surface area contributed by atoms with E-state index in [1.807, 2.05) is 11.1 Å². The molecule has 0 bridgehead atoms. The van der Waals surface area contributed by atoms with Crippen molar-refractivity contribution < 1.29 is 14.0 Å². The number of nitrogens with zero attached hydrogens (tertiary/aromatic N) is 3. The number of thiazole rings is 1. The number of amides is 2. The number of nitrogens with one attached hydrogen (secondary N) is 3. The Hall–Kier alpha value is -3.50. The number of aromatic nitrogens is 2. The molecule has 1 aliphatic heterocycles. The van der Waals surface area contributed by atoms with E-state index in [9.17, 15) is 9.59 Å². The SMILES string of the molecule is C=CC(=O)Nc1ccc(C(=O)N2CCC[C@@H](Nc3ncc(CNCc4ncc(C(C)(C)C)o4)s3)C2)cc1. The third kappa shape index (κ3) is 7.27. The third-order valence-corrected chi connectivity index (χ3v) is 6.97. The quantitative estimate of drug-likeness (QED) is 0.353. The van der Waals surface area contributed by atoms with Crippen LogP contribution in [0.25, 0.3) is 0 Å². The Kier molecular flexibility index (Phi) is 8.40. The molecule has 196 valence electrons. The van der Waals surface area contributed by atoms with E-state index >= 15 is 0 Å². The second-order valence-electron chi connectivity index (χ2n) is 10.1. The molecule has 37 heavy (non-hydrogen) atoms. The molecule has 2 aromatic heterocycles. The molecular weight excluding hydrogens is 488 g/mol. The Balaban J connectivity index is 1.25. The van der Waals surface area contributed by atoms with Gasteiger partial charge >= 0.3 is 0 Å². The largest absolute Gasteiger partial charge is 0.444 e. The van der Waals surface area contributed by atoms with Crippen molar-refractivity contribution in [2.75, 3.05) is 23.7 Å². The summed E-state index contributed by atoms with van der Waals surface area (Å²) < 4.78 is 5.83. The molecule has 1 atom stereocenters. The highest BCUT2D eigenvalue weighted by molar-refractivity contribution is 7.15. The summed E-state index contributed by atoms with van der Waals surface area (Å²) in [6.07, 6.45) is 6.77. The highest BCUT2D eigenvalue weighted by Gasteiger charge is 2.25. The van der Waals surface area contributed by atoms with Crippen LogP contribution in [-0.4, -0.2) is 45.8 Å². The first kappa shape index (κ1) is 26.6. The summed E-state index contributed by atoms with van der Waals surface area (Å²) in [5.41, 5.74) is 1.17. The summed E-state index contributed by atoms with van der Waals surface area (Å²) >= 11 is 1.60. The number of carbonyl (C=O) groups is 2. The molecule has 1 fully saturated rings. The Morgan fingerprint density at radius 1 is 1.19 bits per heavy atom. The van der Waals surface area contributed by atoms with Gasteiger partial charge in [0.05, 0.1) is 12.7 Å². The molecule has 2 amide bonds. The van der Waals surface area contributed by atoms with Crippen molar-refractivity contribution in [3.8, 4) is 0 Å². The van der Waals surface area contributed by atoms with Gasteiger partial charge in [-0.25, -0.2) is 9.97 Å².